The summed E-state index contributed by atoms with van der Waals surface area (Å²) < 4.78 is 0. The van der Waals surface area contributed by atoms with Gasteiger partial charge in [-0.3, -0.25) is 15.5 Å². The molecule has 90 valence electrons. The van der Waals surface area contributed by atoms with Gasteiger partial charge in [-0.1, -0.05) is 5.16 Å². The number of rotatable bonds is 4. The molecule has 0 aliphatic rings. The first-order chi connectivity index (χ1) is 8.04. The molecule has 17 heavy (non-hydrogen) atoms. The van der Waals surface area contributed by atoms with Crippen LogP contribution in [-0.4, -0.2) is 21.6 Å². The Bertz CT molecular complexity index is 465. The fraction of sp³-hybridized carbons (Fsp3) is 0.200. The van der Waals surface area contributed by atoms with E-state index in [1.165, 1.54) is 12.1 Å². The number of anilines is 1. The highest BCUT2D eigenvalue weighted by Crippen LogP contribution is 2.15. The molecule has 2 N–H and O–H groups in total. The molecule has 0 amide bonds. The van der Waals surface area contributed by atoms with Gasteiger partial charge in [0.15, 0.2) is 0 Å². The van der Waals surface area contributed by atoms with Gasteiger partial charge in [0, 0.05) is 12.1 Å². The first-order valence-corrected chi connectivity index (χ1v) is 4.78. The Hall–Kier alpha value is -2.44. The van der Waals surface area contributed by atoms with Crippen LogP contribution in [0, 0.1) is 10.1 Å². The minimum atomic E-state index is -0.471. The second-order valence-corrected chi connectivity index (χ2v) is 3.30. The SMILES string of the molecule is CC(=N/O)/C(C)=N/Nc1ccc([N+](=O)[O-])cc1. The number of oxime groups is 1. The summed E-state index contributed by atoms with van der Waals surface area (Å²) >= 11 is 0. The van der Waals surface area contributed by atoms with Gasteiger partial charge in [-0.15, -0.1) is 0 Å². The van der Waals surface area contributed by atoms with Crippen LogP contribution >= 0.6 is 0 Å². The van der Waals surface area contributed by atoms with Crippen molar-refractivity contribution in [2.45, 2.75) is 13.8 Å². The van der Waals surface area contributed by atoms with Gasteiger partial charge in [0.1, 0.15) is 0 Å². The van der Waals surface area contributed by atoms with E-state index < -0.39 is 4.92 Å². The van der Waals surface area contributed by atoms with Crippen molar-refractivity contribution in [3.05, 3.63) is 34.4 Å². The van der Waals surface area contributed by atoms with Gasteiger partial charge in [-0.25, -0.2) is 0 Å². The van der Waals surface area contributed by atoms with Crippen molar-refractivity contribution in [2.75, 3.05) is 5.43 Å². The molecule has 0 atom stereocenters. The molecule has 0 unspecified atom stereocenters. The van der Waals surface area contributed by atoms with Crippen LogP contribution in [-0.2, 0) is 0 Å². The highest BCUT2D eigenvalue weighted by Gasteiger charge is 2.03. The number of nitro groups is 1. The molecule has 1 aromatic carbocycles. The molecule has 0 aromatic heterocycles. The van der Waals surface area contributed by atoms with E-state index in [2.05, 4.69) is 15.7 Å². The van der Waals surface area contributed by atoms with Gasteiger partial charge < -0.3 is 5.21 Å². The van der Waals surface area contributed by atoms with Crippen molar-refractivity contribution in [3.63, 3.8) is 0 Å². The van der Waals surface area contributed by atoms with E-state index in [-0.39, 0.29) is 5.69 Å². The Balaban J connectivity index is 2.74. The minimum absolute atomic E-state index is 0.0179. The fourth-order valence-electron chi connectivity index (χ4n) is 0.959. The molecule has 7 heteroatoms. The normalized spacial score (nSPS) is 12.4. The lowest BCUT2D eigenvalue weighted by molar-refractivity contribution is -0.384. The summed E-state index contributed by atoms with van der Waals surface area (Å²) in [7, 11) is 0. The molecule has 0 aliphatic carbocycles. The zero-order chi connectivity index (χ0) is 12.8. The topological polar surface area (TPSA) is 100 Å². The zero-order valence-corrected chi connectivity index (χ0v) is 9.41. The monoisotopic (exact) mass is 236 g/mol. The van der Waals surface area contributed by atoms with E-state index in [1.807, 2.05) is 0 Å². The second kappa shape index (κ2) is 5.59. The maximum Gasteiger partial charge on any atom is 0.269 e. The standard InChI is InChI=1S/C10H12N4O3/c1-7(8(2)13-15)11-12-9-3-5-10(6-4-9)14(16)17/h3-6,12,15H,1-2H3/b11-7+,13-8-. The number of hydrazone groups is 1. The van der Waals surface area contributed by atoms with Crippen LogP contribution in [0.25, 0.3) is 0 Å². The maximum atomic E-state index is 10.4. The molecule has 7 nitrogen and oxygen atoms in total. The Morgan fingerprint density at radius 1 is 1.29 bits per heavy atom. The predicted molar refractivity (Wildman–Crippen MR) is 64.7 cm³/mol. The first-order valence-electron chi connectivity index (χ1n) is 4.78. The summed E-state index contributed by atoms with van der Waals surface area (Å²) in [6.07, 6.45) is 0. The van der Waals surface area contributed by atoms with Crippen LogP contribution in [0.3, 0.4) is 0 Å². The maximum absolute atomic E-state index is 10.4. The smallest absolute Gasteiger partial charge is 0.269 e. The summed E-state index contributed by atoms with van der Waals surface area (Å²) in [6, 6.07) is 5.83. The Morgan fingerprint density at radius 2 is 1.88 bits per heavy atom. The highest BCUT2D eigenvalue weighted by molar-refractivity contribution is 6.40. The second-order valence-electron chi connectivity index (χ2n) is 3.30. The first kappa shape index (κ1) is 12.6. The molecule has 1 aromatic rings. The van der Waals surface area contributed by atoms with Crippen LogP contribution in [0.1, 0.15) is 13.8 Å². The van der Waals surface area contributed by atoms with Gasteiger partial charge in [-0.2, -0.15) is 5.10 Å². The van der Waals surface area contributed by atoms with Crippen LogP contribution < -0.4 is 5.43 Å². The van der Waals surface area contributed by atoms with Crippen LogP contribution in [0.15, 0.2) is 34.5 Å². The van der Waals surface area contributed by atoms with Crippen molar-refractivity contribution in [3.8, 4) is 0 Å². The van der Waals surface area contributed by atoms with E-state index in [0.29, 0.717) is 17.1 Å². The Kier molecular flexibility index (Phi) is 4.15. The van der Waals surface area contributed by atoms with Gasteiger partial charge in [0.05, 0.1) is 22.0 Å². The van der Waals surface area contributed by atoms with Crippen LogP contribution in [0.2, 0.25) is 0 Å². The number of benzene rings is 1. The number of hydrogen-bond acceptors (Lipinski definition) is 6. The zero-order valence-electron chi connectivity index (χ0n) is 9.41. The van der Waals surface area contributed by atoms with E-state index in [1.54, 1.807) is 26.0 Å². The van der Waals surface area contributed by atoms with Crippen molar-refractivity contribution in [1.29, 1.82) is 0 Å². The molecular formula is C10H12N4O3. The van der Waals surface area contributed by atoms with E-state index in [9.17, 15) is 10.1 Å². The number of nitrogens with zero attached hydrogens (tertiary/aromatic N) is 3. The Labute approximate surface area is 97.6 Å². The fourth-order valence-corrected chi connectivity index (χ4v) is 0.959. The molecule has 0 fully saturated rings. The largest absolute Gasteiger partial charge is 0.411 e. The lowest BCUT2D eigenvalue weighted by Crippen LogP contribution is -2.08. The van der Waals surface area contributed by atoms with Gasteiger partial charge >= 0.3 is 0 Å². The lowest BCUT2D eigenvalue weighted by atomic mass is 10.3. The number of non-ortho nitro benzene ring substituents is 1. The van der Waals surface area contributed by atoms with E-state index in [4.69, 9.17) is 5.21 Å². The van der Waals surface area contributed by atoms with Gasteiger partial charge in [0.2, 0.25) is 0 Å². The molecule has 0 radical (unpaired) electrons. The van der Waals surface area contributed by atoms with Crippen molar-refractivity contribution < 1.29 is 10.1 Å². The highest BCUT2D eigenvalue weighted by atomic mass is 16.6. The van der Waals surface area contributed by atoms with E-state index in [0.717, 1.165) is 0 Å². The summed E-state index contributed by atoms with van der Waals surface area (Å²) in [5, 5.41) is 25.9. The summed E-state index contributed by atoms with van der Waals surface area (Å²) in [5.74, 6) is 0. The summed E-state index contributed by atoms with van der Waals surface area (Å²) in [4.78, 5) is 9.95. The molecule has 0 saturated carbocycles. The average molecular weight is 236 g/mol. The minimum Gasteiger partial charge on any atom is -0.411 e. The third-order valence-electron chi connectivity index (χ3n) is 2.10. The van der Waals surface area contributed by atoms with E-state index >= 15 is 0 Å². The molecule has 0 bridgehead atoms. The third kappa shape index (κ3) is 3.56. The van der Waals surface area contributed by atoms with Gasteiger partial charge in [-0.05, 0) is 26.0 Å². The third-order valence-corrected chi connectivity index (χ3v) is 2.10. The average Bonchev–Trinajstić information content (AvgIpc) is 2.35. The van der Waals surface area contributed by atoms with Crippen LogP contribution in [0.5, 0.6) is 0 Å². The van der Waals surface area contributed by atoms with Crippen molar-refractivity contribution >= 4 is 22.8 Å². The quantitative estimate of drug-likeness (QED) is 0.362. The molecule has 0 spiro atoms. The number of hydrogen-bond donors (Lipinski definition) is 2. The molecule has 0 aliphatic heterocycles. The summed E-state index contributed by atoms with van der Waals surface area (Å²) in [6.45, 7) is 3.28. The van der Waals surface area contributed by atoms with Crippen LogP contribution in [0.4, 0.5) is 11.4 Å². The number of nitrogens with one attached hydrogen (secondary N) is 1. The summed E-state index contributed by atoms with van der Waals surface area (Å²) in [5.41, 5.74) is 4.24. The molecule has 0 heterocycles. The molecule has 0 saturated heterocycles. The molecule has 1 rings (SSSR count). The molecular weight excluding hydrogens is 224 g/mol. The number of nitro benzene ring substituents is 1. The van der Waals surface area contributed by atoms with Crippen molar-refractivity contribution in [2.24, 2.45) is 10.3 Å². The lowest BCUT2D eigenvalue weighted by Gasteiger charge is -2.01. The predicted octanol–water partition coefficient (Wildman–Crippen LogP) is 2.23. The van der Waals surface area contributed by atoms with Crippen molar-refractivity contribution in [1.82, 2.24) is 0 Å². The Morgan fingerprint density at radius 3 is 2.35 bits per heavy atom. The van der Waals surface area contributed by atoms with Gasteiger partial charge in [0.25, 0.3) is 5.69 Å².